The molecule has 0 saturated heterocycles. The number of nitrogens with one attached hydrogen (secondary N) is 2. The number of ether oxygens (including phenoxy) is 1. The smallest absolute Gasteiger partial charge is 0.247 e. The van der Waals surface area contributed by atoms with Crippen LogP contribution >= 0.6 is 0 Å². The fourth-order valence-corrected chi connectivity index (χ4v) is 5.16. The number of amides is 2. The highest BCUT2D eigenvalue weighted by Crippen LogP contribution is 2.45. The van der Waals surface area contributed by atoms with Crippen LogP contribution < -0.4 is 15.4 Å². The molecule has 0 heterocycles. The number of allylic oxidation sites excluding steroid dienone is 2. The van der Waals surface area contributed by atoms with Crippen LogP contribution in [0.5, 0.6) is 5.75 Å². The Hall–Kier alpha value is -2.89. The van der Waals surface area contributed by atoms with Gasteiger partial charge in [-0.2, -0.15) is 0 Å². The lowest BCUT2D eigenvalue weighted by Crippen LogP contribution is -2.45. The van der Waals surface area contributed by atoms with Gasteiger partial charge in [0.15, 0.2) is 5.78 Å². The maximum absolute atomic E-state index is 13.2. The highest BCUT2D eigenvalue weighted by Gasteiger charge is 2.38. The van der Waals surface area contributed by atoms with Crippen LogP contribution in [0, 0.1) is 23.7 Å². The van der Waals surface area contributed by atoms with Crippen LogP contribution in [0.15, 0.2) is 47.6 Å². The second-order valence-electron chi connectivity index (χ2n) is 10.2. The molecule has 1 aromatic rings. The normalized spacial score (nSPS) is 23.2. The molecule has 0 spiro atoms. The number of hydrogen-bond donors (Lipinski definition) is 2. The molecular formula is C28H38N2O4. The number of methoxy groups -OCH3 is 1. The summed E-state index contributed by atoms with van der Waals surface area (Å²) in [7, 11) is 1.59. The monoisotopic (exact) mass is 466 g/mol. The summed E-state index contributed by atoms with van der Waals surface area (Å²) in [5.41, 5.74) is 3.21. The van der Waals surface area contributed by atoms with E-state index in [2.05, 4.69) is 24.1 Å². The van der Waals surface area contributed by atoms with Crippen LogP contribution in [0.3, 0.4) is 0 Å². The average Bonchev–Trinajstić information content (AvgIpc) is 2.98. The molecule has 34 heavy (non-hydrogen) atoms. The third kappa shape index (κ3) is 5.96. The van der Waals surface area contributed by atoms with Gasteiger partial charge in [0.2, 0.25) is 11.8 Å². The highest BCUT2D eigenvalue weighted by molar-refractivity contribution is 6.01. The van der Waals surface area contributed by atoms with Crippen molar-refractivity contribution in [3.05, 3.63) is 47.6 Å². The zero-order chi connectivity index (χ0) is 25.0. The summed E-state index contributed by atoms with van der Waals surface area (Å²) < 4.78 is 5.16. The van der Waals surface area contributed by atoms with Crippen LogP contribution in [-0.4, -0.2) is 30.7 Å². The summed E-state index contributed by atoms with van der Waals surface area (Å²) in [4.78, 5) is 38.6. The Morgan fingerprint density at radius 1 is 1.15 bits per heavy atom. The van der Waals surface area contributed by atoms with Crippen LogP contribution in [0.1, 0.15) is 59.8 Å². The standard InChI is InChI=1S/C28H38N2O4/c1-16(2)13-25(28(33)29-21-9-11-22(34-6)12-10-21)30-27(32)18(4)20-8-7-17(3)23-15-26(31)19(5)24(23)14-20/h9-12,16-17,20,23,25H,4,7-8,13-15H2,1-3,5-6H3,(H,29,33)(H,30,32)/t17-,20-,23-,25-/m0/s1. The zero-order valence-electron chi connectivity index (χ0n) is 21.1. The highest BCUT2D eigenvalue weighted by atomic mass is 16.5. The Morgan fingerprint density at radius 3 is 2.44 bits per heavy atom. The maximum Gasteiger partial charge on any atom is 0.247 e. The van der Waals surface area contributed by atoms with Gasteiger partial charge in [-0.25, -0.2) is 0 Å². The predicted octanol–water partition coefficient (Wildman–Crippen LogP) is 5.06. The Kier molecular flexibility index (Phi) is 8.34. The third-order valence-corrected chi connectivity index (χ3v) is 7.35. The van der Waals surface area contributed by atoms with E-state index in [4.69, 9.17) is 4.74 Å². The molecule has 1 aromatic carbocycles. The molecule has 2 amide bonds. The number of hydrogen-bond acceptors (Lipinski definition) is 4. The fourth-order valence-electron chi connectivity index (χ4n) is 5.16. The molecule has 0 radical (unpaired) electrons. The summed E-state index contributed by atoms with van der Waals surface area (Å²) >= 11 is 0. The largest absolute Gasteiger partial charge is 0.497 e. The minimum atomic E-state index is -0.669. The van der Waals surface area contributed by atoms with E-state index < -0.39 is 6.04 Å². The van der Waals surface area contributed by atoms with E-state index in [9.17, 15) is 14.4 Å². The molecule has 2 N–H and O–H groups in total. The van der Waals surface area contributed by atoms with Crippen LogP contribution in [0.25, 0.3) is 0 Å². The van der Waals surface area contributed by atoms with E-state index in [1.54, 1.807) is 31.4 Å². The molecule has 6 heteroatoms. The van der Waals surface area contributed by atoms with Crippen molar-refractivity contribution in [2.75, 3.05) is 12.4 Å². The number of anilines is 1. The number of carbonyl (C=O) groups is 3. The zero-order valence-corrected chi connectivity index (χ0v) is 21.1. The van der Waals surface area contributed by atoms with Gasteiger partial charge in [0, 0.05) is 17.7 Å². The van der Waals surface area contributed by atoms with Gasteiger partial charge < -0.3 is 15.4 Å². The Morgan fingerprint density at radius 2 is 1.82 bits per heavy atom. The fraction of sp³-hybridized carbons (Fsp3) is 0.536. The Balaban J connectivity index is 1.69. The molecule has 0 aromatic heterocycles. The molecule has 0 bridgehead atoms. The lowest BCUT2D eigenvalue weighted by atomic mass is 9.86. The summed E-state index contributed by atoms with van der Waals surface area (Å²) in [6.45, 7) is 12.3. The first kappa shape index (κ1) is 25.7. The van der Waals surface area contributed by atoms with Gasteiger partial charge in [0.05, 0.1) is 7.11 Å². The van der Waals surface area contributed by atoms with Crippen molar-refractivity contribution in [1.29, 1.82) is 0 Å². The first-order valence-corrected chi connectivity index (χ1v) is 12.3. The topological polar surface area (TPSA) is 84.5 Å². The lowest BCUT2D eigenvalue weighted by molar-refractivity contribution is -0.125. The van der Waals surface area contributed by atoms with Crippen LogP contribution in [0.2, 0.25) is 0 Å². The number of carbonyl (C=O) groups excluding carboxylic acids is 3. The van der Waals surface area contributed by atoms with Crippen molar-refractivity contribution in [2.24, 2.45) is 23.7 Å². The van der Waals surface area contributed by atoms with Gasteiger partial charge >= 0.3 is 0 Å². The first-order chi connectivity index (χ1) is 16.1. The molecule has 1 saturated carbocycles. The van der Waals surface area contributed by atoms with Crippen molar-refractivity contribution in [2.45, 2.75) is 65.8 Å². The van der Waals surface area contributed by atoms with Gasteiger partial charge in [0.1, 0.15) is 11.8 Å². The summed E-state index contributed by atoms with van der Waals surface area (Å²) in [6.07, 6.45) is 3.63. The molecule has 184 valence electrons. The van der Waals surface area contributed by atoms with Crippen molar-refractivity contribution in [1.82, 2.24) is 5.32 Å². The lowest BCUT2D eigenvalue weighted by Gasteiger charge is -2.23. The molecule has 4 atom stereocenters. The molecular weight excluding hydrogens is 428 g/mol. The second kappa shape index (κ2) is 11.0. The molecule has 2 aliphatic rings. The Labute approximate surface area is 203 Å². The van der Waals surface area contributed by atoms with Crippen LogP contribution in [0.4, 0.5) is 5.69 Å². The molecule has 6 nitrogen and oxygen atoms in total. The van der Waals surface area contributed by atoms with Gasteiger partial charge in [-0.05, 0) is 86.1 Å². The number of rotatable bonds is 8. The maximum atomic E-state index is 13.2. The van der Waals surface area contributed by atoms with Crippen molar-refractivity contribution in [3.8, 4) is 5.75 Å². The van der Waals surface area contributed by atoms with Crippen molar-refractivity contribution in [3.63, 3.8) is 0 Å². The van der Waals surface area contributed by atoms with Gasteiger partial charge in [-0.3, -0.25) is 14.4 Å². The molecule has 3 rings (SSSR count). The average molecular weight is 467 g/mol. The van der Waals surface area contributed by atoms with Crippen molar-refractivity contribution >= 4 is 23.3 Å². The minimum absolute atomic E-state index is 0.0207. The molecule has 2 aliphatic carbocycles. The molecule has 1 fully saturated rings. The van der Waals surface area contributed by atoms with Gasteiger partial charge in [-0.15, -0.1) is 0 Å². The minimum Gasteiger partial charge on any atom is -0.497 e. The number of fused-ring (bicyclic) bond motifs is 1. The van der Waals surface area contributed by atoms with Crippen LogP contribution in [-0.2, 0) is 14.4 Å². The van der Waals surface area contributed by atoms with E-state index in [0.717, 1.165) is 18.4 Å². The molecule has 0 aliphatic heterocycles. The predicted molar refractivity (Wildman–Crippen MR) is 134 cm³/mol. The SMILES string of the molecule is C=C(C(=O)N[C@@H](CC(C)C)C(=O)Nc1ccc(OC)cc1)[C@H]1CC[C@H](C)[C@@H]2CC(=O)C(C)=C2C1. The summed E-state index contributed by atoms with van der Waals surface area (Å²) in [6, 6.07) is 6.42. The van der Waals surface area contributed by atoms with E-state index >= 15 is 0 Å². The summed E-state index contributed by atoms with van der Waals surface area (Å²) in [5.74, 6) is 1.30. The number of benzene rings is 1. The Bertz CT molecular complexity index is 977. The summed E-state index contributed by atoms with van der Waals surface area (Å²) in [5, 5.41) is 5.84. The third-order valence-electron chi connectivity index (χ3n) is 7.35. The van der Waals surface area contributed by atoms with E-state index in [1.807, 2.05) is 20.8 Å². The van der Waals surface area contributed by atoms with Crippen molar-refractivity contribution < 1.29 is 19.1 Å². The first-order valence-electron chi connectivity index (χ1n) is 12.3. The van der Waals surface area contributed by atoms with E-state index in [-0.39, 0.29) is 35.4 Å². The number of ketones is 1. The second-order valence-corrected chi connectivity index (χ2v) is 10.2. The van der Waals surface area contributed by atoms with Gasteiger partial charge in [0.25, 0.3) is 0 Å². The van der Waals surface area contributed by atoms with E-state index in [0.29, 0.717) is 42.2 Å². The molecule has 0 unspecified atom stereocenters. The van der Waals surface area contributed by atoms with Gasteiger partial charge in [-0.1, -0.05) is 32.9 Å². The van der Waals surface area contributed by atoms with E-state index in [1.165, 1.54) is 5.57 Å². The number of Topliss-reactive ketones (excluding diaryl/α,β-unsaturated/α-hetero) is 1. The quantitative estimate of drug-likeness (QED) is 0.524.